The first-order valence-corrected chi connectivity index (χ1v) is 7.50. The quantitative estimate of drug-likeness (QED) is 0.868. The zero-order valence-electron chi connectivity index (χ0n) is 11.8. The minimum absolute atomic E-state index is 0.116. The first-order valence-electron chi connectivity index (χ1n) is 7.50. The van der Waals surface area contributed by atoms with E-state index in [4.69, 9.17) is 0 Å². The number of benzene rings is 2. The molecule has 1 fully saturated rings. The van der Waals surface area contributed by atoms with Gasteiger partial charge in [-0.25, -0.2) is 0 Å². The highest BCUT2D eigenvalue weighted by Crippen LogP contribution is 2.39. The summed E-state index contributed by atoms with van der Waals surface area (Å²) in [5.41, 5.74) is 3.78. The molecule has 2 aromatic carbocycles. The van der Waals surface area contributed by atoms with E-state index >= 15 is 0 Å². The average molecular weight is 278 g/mol. The van der Waals surface area contributed by atoms with Gasteiger partial charge in [-0.2, -0.15) is 0 Å². The Morgan fingerprint density at radius 1 is 0.952 bits per heavy atom. The fourth-order valence-electron chi connectivity index (χ4n) is 3.63. The molecule has 0 unspecified atom stereocenters. The van der Waals surface area contributed by atoms with Crippen molar-refractivity contribution in [3.05, 3.63) is 71.3 Å². The Hall–Kier alpha value is -2.13. The van der Waals surface area contributed by atoms with Gasteiger partial charge < -0.3 is 5.32 Å². The van der Waals surface area contributed by atoms with Crippen molar-refractivity contribution in [3.8, 4) is 0 Å². The first kappa shape index (κ1) is 12.6. The molecule has 0 bridgehead atoms. The number of nitrogens with one attached hydrogen (secondary N) is 1. The number of rotatable bonds is 1. The molecule has 2 aliphatic rings. The van der Waals surface area contributed by atoms with Gasteiger partial charge in [0.15, 0.2) is 0 Å². The Morgan fingerprint density at radius 2 is 1.67 bits per heavy atom. The number of piperazine rings is 1. The summed E-state index contributed by atoms with van der Waals surface area (Å²) in [7, 11) is 0. The molecule has 3 heteroatoms. The lowest BCUT2D eigenvalue weighted by Gasteiger charge is -2.43. The maximum Gasteiger partial charge on any atom is 0.242 e. The molecule has 0 aliphatic carbocycles. The Balaban J connectivity index is 1.84. The summed E-state index contributed by atoms with van der Waals surface area (Å²) in [4.78, 5) is 14.6. The van der Waals surface area contributed by atoms with Gasteiger partial charge >= 0.3 is 0 Å². The Bertz CT molecular complexity index is 668. The Kier molecular flexibility index (Phi) is 3.00. The smallest absolute Gasteiger partial charge is 0.242 e. The second-order valence-corrected chi connectivity index (χ2v) is 5.78. The van der Waals surface area contributed by atoms with Crippen LogP contribution in [0.15, 0.2) is 54.6 Å². The van der Waals surface area contributed by atoms with Crippen LogP contribution in [0.5, 0.6) is 0 Å². The molecule has 2 heterocycles. The van der Waals surface area contributed by atoms with Crippen molar-refractivity contribution in [2.45, 2.75) is 12.0 Å². The van der Waals surface area contributed by atoms with Crippen molar-refractivity contribution in [2.24, 2.45) is 0 Å². The predicted octanol–water partition coefficient (Wildman–Crippen LogP) is 2.30. The molecule has 0 spiro atoms. The van der Waals surface area contributed by atoms with Gasteiger partial charge in [-0.05, 0) is 16.7 Å². The van der Waals surface area contributed by atoms with Gasteiger partial charge in [0.2, 0.25) is 5.91 Å². The summed E-state index contributed by atoms with van der Waals surface area (Å²) < 4.78 is 0. The molecule has 3 nitrogen and oxygen atoms in total. The van der Waals surface area contributed by atoms with Crippen LogP contribution in [0, 0.1) is 0 Å². The van der Waals surface area contributed by atoms with E-state index in [-0.39, 0.29) is 11.9 Å². The topological polar surface area (TPSA) is 32.3 Å². The normalized spacial score (nSPS) is 24.9. The molecular formula is C18H18N2O. The highest BCUT2D eigenvalue weighted by molar-refractivity contribution is 5.85. The van der Waals surface area contributed by atoms with Crippen LogP contribution in [0.25, 0.3) is 0 Å². The maximum atomic E-state index is 12.3. The van der Waals surface area contributed by atoms with Crippen LogP contribution in [0.1, 0.15) is 28.7 Å². The standard InChI is InChI=1S/C18H18N2O/c21-18-17-15-9-5-4-8-14(15)16(12-20(17)11-10-19-18)13-6-2-1-3-7-13/h1-9,16-17H,10-12H2,(H,19,21)/t16-,17-/m0/s1. The zero-order chi connectivity index (χ0) is 14.2. The maximum absolute atomic E-state index is 12.3. The SMILES string of the molecule is O=C1NCCN2C[C@@H](c3ccccc3)c3ccccc3[C@@H]12. The monoisotopic (exact) mass is 278 g/mol. The molecule has 0 radical (unpaired) electrons. The van der Waals surface area contributed by atoms with Gasteiger partial charge in [-0.1, -0.05) is 54.6 Å². The van der Waals surface area contributed by atoms with Crippen LogP contribution in [-0.4, -0.2) is 30.4 Å². The molecule has 2 aromatic rings. The number of carbonyl (C=O) groups excluding carboxylic acids is 1. The summed E-state index contributed by atoms with van der Waals surface area (Å²) in [5, 5.41) is 3.00. The van der Waals surface area contributed by atoms with E-state index in [0.29, 0.717) is 5.92 Å². The van der Waals surface area contributed by atoms with Gasteiger partial charge in [0.25, 0.3) is 0 Å². The van der Waals surface area contributed by atoms with Crippen molar-refractivity contribution in [1.82, 2.24) is 10.2 Å². The molecule has 21 heavy (non-hydrogen) atoms. The summed E-state index contributed by atoms with van der Waals surface area (Å²) >= 11 is 0. The van der Waals surface area contributed by atoms with E-state index in [1.165, 1.54) is 11.1 Å². The lowest BCUT2D eigenvalue weighted by Crippen LogP contribution is -2.53. The summed E-state index contributed by atoms with van der Waals surface area (Å²) in [6.07, 6.45) is 0. The second-order valence-electron chi connectivity index (χ2n) is 5.78. The third kappa shape index (κ3) is 2.05. The highest BCUT2D eigenvalue weighted by atomic mass is 16.2. The van der Waals surface area contributed by atoms with Crippen LogP contribution in [0.3, 0.4) is 0 Å². The van der Waals surface area contributed by atoms with Crippen molar-refractivity contribution < 1.29 is 4.79 Å². The van der Waals surface area contributed by atoms with E-state index < -0.39 is 0 Å². The van der Waals surface area contributed by atoms with E-state index in [0.717, 1.165) is 25.2 Å². The fraction of sp³-hybridized carbons (Fsp3) is 0.278. The number of fused-ring (bicyclic) bond motifs is 3. The largest absolute Gasteiger partial charge is 0.353 e. The fourth-order valence-corrected chi connectivity index (χ4v) is 3.63. The summed E-state index contributed by atoms with van der Waals surface area (Å²) in [6.45, 7) is 2.59. The summed E-state index contributed by atoms with van der Waals surface area (Å²) in [5.74, 6) is 0.491. The first-order chi connectivity index (χ1) is 10.3. The second kappa shape index (κ2) is 5.01. The van der Waals surface area contributed by atoms with Crippen molar-refractivity contribution in [3.63, 3.8) is 0 Å². The number of nitrogens with zero attached hydrogens (tertiary/aromatic N) is 1. The molecule has 0 aromatic heterocycles. The predicted molar refractivity (Wildman–Crippen MR) is 82.1 cm³/mol. The lowest BCUT2D eigenvalue weighted by atomic mass is 9.80. The molecule has 106 valence electrons. The van der Waals surface area contributed by atoms with Crippen molar-refractivity contribution >= 4 is 5.91 Å². The van der Waals surface area contributed by atoms with Crippen LogP contribution < -0.4 is 5.32 Å². The van der Waals surface area contributed by atoms with Gasteiger partial charge in [0.05, 0.1) is 0 Å². The average Bonchev–Trinajstić information content (AvgIpc) is 2.55. The molecule has 1 amide bonds. The lowest BCUT2D eigenvalue weighted by molar-refractivity contribution is -0.129. The molecule has 1 N–H and O–H groups in total. The Labute approximate surface area is 124 Å². The van der Waals surface area contributed by atoms with E-state index in [2.05, 4.69) is 58.7 Å². The van der Waals surface area contributed by atoms with Crippen LogP contribution in [0.4, 0.5) is 0 Å². The molecule has 2 atom stereocenters. The number of hydrogen-bond donors (Lipinski definition) is 1. The molecule has 2 aliphatic heterocycles. The number of carbonyl (C=O) groups is 1. The van der Waals surface area contributed by atoms with Gasteiger partial charge in [0.1, 0.15) is 6.04 Å². The highest BCUT2D eigenvalue weighted by Gasteiger charge is 2.39. The van der Waals surface area contributed by atoms with E-state index in [9.17, 15) is 4.79 Å². The van der Waals surface area contributed by atoms with Crippen LogP contribution in [-0.2, 0) is 4.79 Å². The third-order valence-electron chi connectivity index (χ3n) is 4.60. The van der Waals surface area contributed by atoms with Gasteiger partial charge in [0, 0.05) is 25.6 Å². The molecule has 0 saturated carbocycles. The number of amides is 1. The van der Waals surface area contributed by atoms with E-state index in [1.807, 2.05) is 6.07 Å². The van der Waals surface area contributed by atoms with Crippen LogP contribution >= 0.6 is 0 Å². The van der Waals surface area contributed by atoms with Crippen molar-refractivity contribution in [2.75, 3.05) is 19.6 Å². The van der Waals surface area contributed by atoms with Crippen LogP contribution in [0.2, 0.25) is 0 Å². The minimum Gasteiger partial charge on any atom is -0.353 e. The molecular weight excluding hydrogens is 260 g/mol. The molecule has 4 rings (SSSR count). The molecule has 1 saturated heterocycles. The van der Waals surface area contributed by atoms with E-state index in [1.54, 1.807) is 0 Å². The van der Waals surface area contributed by atoms with Gasteiger partial charge in [-0.15, -0.1) is 0 Å². The Morgan fingerprint density at radius 3 is 2.48 bits per heavy atom. The van der Waals surface area contributed by atoms with Gasteiger partial charge in [-0.3, -0.25) is 9.69 Å². The summed E-state index contributed by atoms with van der Waals surface area (Å²) in [6, 6.07) is 18.9. The third-order valence-corrected chi connectivity index (χ3v) is 4.60. The zero-order valence-corrected chi connectivity index (χ0v) is 11.8. The van der Waals surface area contributed by atoms with Crippen molar-refractivity contribution in [1.29, 1.82) is 0 Å². The number of hydrogen-bond acceptors (Lipinski definition) is 2. The minimum atomic E-state index is -0.116.